The second-order valence-electron chi connectivity index (χ2n) is 3.67. The van der Waals surface area contributed by atoms with Crippen LogP contribution in [-0.2, 0) is 0 Å². The predicted octanol–water partition coefficient (Wildman–Crippen LogP) is 3.25. The monoisotopic (exact) mass is 239 g/mol. The first-order chi connectivity index (χ1) is 8.86. The lowest BCUT2D eigenvalue weighted by Gasteiger charge is -1.99. The molecular weight excluding hydrogens is 230 g/mol. The fraction of sp³-hybridized carbons (Fsp3) is 0. The Labute approximate surface area is 102 Å². The van der Waals surface area contributed by atoms with Crippen molar-refractivity contribution in [1.29, 1.82) is 5.53 Å². The van der Waals surface area contributed by atoms with E-state index < -0.39 is 0 Å². The minimum atomic E-state index is 0.520. The van der Waals surface area contributed by atoms with Crippen molar-refractivity contribution < 1.29 is 4.42 Å². The van der Waals surface area contributed by atoms with Gasteiger partial charge in [-0.15, -0.1) is 0 Å². The Hall–Kier alpha value is -2.76. The molecule has 2 heterocycles. The van der Waals surface area contributed by atoms with E-state index in [9.17, 15) is 0 Å². The van der Waals surface area contributed by atoms with Crippen molar-refractivity contribution in [3.63, 3.8) is 0 Å². The maximum Gasteiger partial charge on any atom is 0.227 e. The summed E-state index contributed by atoms with van der Waals surface area (Å²) >= 11 is 0. The SMILES string of the molecule is N=NNc1cccc(-c2nc3ccncc3o2)c1. The molecule has 0 saturated carbocycles. The Morgan fingerprint density at radius 2 is 2.22 bits per heavy atom. The number of nitrogens with zero attached hydrogens (tertiary/aromatic N) is 3. The molecule has 0 amide bonds. The number of hydrogen-bond donors (Lipinski definition) is 2. The molecule has 6 heteroatoms. The van der Waals surface area contributed by atoms with E-state index in [0.717, 1.165) is 11.1 Å². The van der Waals surface area contributed by atoms with Crippen LogP contribution in [0.3, 0.4) is 0 Å². The van der Waals surface area contributed by atoms with Gasteiger partial charge in [-0.05, 0) is 24.3 Å². The molecule has 0 aliphatic heterocycles. The summed E-state index contributed by atoms with van der Waals surface area (Å²) in [7, 11) is 0. The minimum absolute atomic E-state index is 0.520. The molecule has 0 saturated heterocycles. The van der Waals surface area contributed by atoms with Crippen LogP contribution in [0.1, 0.15) is 0 Å². The van der Waals surface area contributed by atoms with Crippen LogP contribution in [0.2, 0.25) is 0 Å². The second kappa shape index (κ2) is 4.25. The summed E-state index contributed by atoms with van der Waals surface area (Å²) in [6, 6.07) is 9.15. The minimum Gasteiger partial charge on any atom is -0.434 e. The summed E-state index contributed by atoms with van der Waals surface area (Å²) in [4.78, 5) is 8.35. The van der Waals surface area contributed by atoms with E-state index in [2.05, 4.69) is 20.6 Å². The largest absolute Gasteiger partial charge is 0.434 e. The van der Waals surface area contributed by atoms with Crippen molar-refractivity contribution in [1.82, 2.24) is 9.97 Å². The predicted molar refractivity (Wildman–Crippen MR) is 66.0 cm³/mol. The quantitative estimate of drug-likeness (QED) is 0.542. The van der Waals surface area contributed by atoms with E-state index in [1.807, 2.05) is 24.3 Å². The van der Waals surface area contributed by atoms with E-state index in [-0.39, 0.29) is 0 Å². The van der Waals surface area contributed by atoms with Gasteiger partial charge in [-0.1, -0.05) is 11.3 Å². The first kappa shape index (κ1) is 10.4. The topological polar surface area (TPSA) is 87.2 Å². The van der Waals surface area contributed by atoms with Gasteiger partial charge in [-0.2, -0.15) is 5.53 Å². The number of nitrogens with one attached hydrogen (secondary N) is 2. The average molecular weight is 239 g/mol. The van der Waals surface area contributed by atoms with Gasteiger partial charge in [0.05, 0.1) is 11.9 Å². The van der Waals surface area contributed by atoms with Crippen LogP contribution in [0.5, 0.6) is 0 Å². The highest BCUT2D eigenvalue weighted by Gasteiger charge is 2.08. The van der Waals surface area contributed by atoms with Crippen LogP contribution in [-0.4, -0.2) is 9.97 Å². The Bertz CT molecular complexity index is 673. The summed E-state index contributed by atoms with van der Waals surface area (Å²) in [5, 5.41) is 3.12. The zero-order valence-corrected chi connectivity index (χ0v) is 9.29. The van der Waals surface area contributed by atoms with Crippen molar-refractivity contribution in [2.75, 3.05) is 5.43 Å². The molecule has 0 fully saturated rings. The van der Waals surface area contributed by atoms with Crippen LogP contribution in [0.25, 0.3) is 22.6 Å². The van der Waals surface area contributed by atoms with Gasteiger partial charge in [0, 0.05) is 11.8 Å². The van der Waals surface area contributed by atoms with Crippen LogP contribution < -0.4 is 5.43 Å². The molecule has 1 aromatic carbocycles. The van der Waals surface area contributed by atoms with Gasteiger partial charge in [0.1, 0.15) is 5.52 Å². The standard InChI is InChI=1S/C12H9N5O/c13-17-16-9-3-1-2-8(6-9)12-15-10-4-5-14-7-11(10)18-12/h1-7H,(H2,13,16). The molecule has 2 aromatic heterocycles. The molecule has 0 atom stereocenters. The third-order valence-corrected chi connectivity index (χ3v) is 2.49. The molecule has 18 heavy (non-hydrogen) atoms. The highest BCUT2D eigenvalue weighted by atomic mass is 16.3. The molecule has 3 rings (SSSR count). The highest BCUT2D eigenvalue weighted by molar-refractivity contribution is 5.75. The van der Waals surface area contributed by atoms with Crippen LogP contribution >= 0.6 is 0 Å². The van der Waals surface area contributed by atoms with Gasteiger partial charge in [0.25, 0.3) is 0 Å². The molecule has 3 aromatic rings. The number of oxazole rings is 1. The summed E-state index contributed by atoms with van der Waals surface area (Å²) in [5.41, 5.74) is 12.3. The fourth-order valence-electron chi connectivity index (χ4n) is 1.69. The molecule has 0 unspecified atom stereocenters. The zero-order chi connectivity index (χ0) is 12.4. The van der Waals surface area contributed by atoms with Crippen LogP contribution in [0, 0.1) is 5.53 Å². The summed E-state index contributed by atoms with van der Waals surface area (Å²) in [6.45, 7) is 0. The van der Waals surface area contributed by atoms with Crippen molar-refractivity contribution in [3.8, 4) is 11.5 Å². The normalized spacial score (nSPS) is 10.4. The summed E-state index contributed by atoms with van der Waals surface area (Å²) < 4.78 is 5.61. The lowest BCUT2D eigenvalue weighted by atomic mass is 10.2. The molecule has 0 radical (unpaired) electrons. The maximum atomic E-state index is 6.77. The van der Waals surface area contributed by atoms with E-state index in [0.29, 0.717) is 17.2 Å². The lowest BCUT2D eigenvalue weighted by molar-refractivity contribution is 0.618. The van der Waals surface area contributed by atoms with Crippen molar-refractivity contribution in [3.05, 3.63) is 42.7 Å². The van der Waals surface area contributed by atoms with Gasteiger partial charge >= 0.3 is 0 Å². The molecule has 6 nitrogen and oxygen atoms in total. The number of aromatic nitrogens is 2. The van der Waals surface area contributed by atoms with Crippen LogP contribution in [0.15, 0.2) is 52.4 Å². The van der Waals surface area contributed by atoms with E-state index in [1.165, 1.54) is 0 Å². The second-order valence-corrected chi connectivity index (χ2v) is 3.67. The number of rotatable bonds is 3. The number of benzene rings is 1. The highest BCUT2D eigenvalue weighted by Crippen LogP contribution is 2.25. The average Bonchev–Trinajstić information content (AvgIpc) is 2.83. The van der Waals surface area contributed by atoms with Crippen LogP contribution in [0.4, 0.5) is 5.69 Å². The Balaban J connectivity index is 2.08. The molecule has 88 valence electrons. The van der Waals surface area contributed by atoms with Crippen molar-refractivity contribution in [2.45, 2.75) is 0 Å². The number of hydrogen-bond acceptors (Lipinski definition) is 5. The van der Waals surface area contributed by atoms with E-state index in [1.54, 1.807) is 18.5 Å². The zero-order valence-electron chi connectivity index (χ0n) is 9.29. The first-order valence-electron chi connectivity index (χ1n) is 5.30. The number of anilines is 1. The van der Waals surface area contributed by atoms with Crippen molar-refractivity contribution in [2.24, 2.45) is 5.22 Å². The molecule has 0 bridgehead atoms. The van der Waals surface area contributed by atoms with E-state index in [4.69, 9.17) is 9.95 Å². The summed E-state index contributed by atoms with van der Waals surface area (Å²) in [5.74, 6) is 0.520. The Kier molecular flexibility index (Phi) is 2.45. The fourth-order valence-corrected chi connectivity index (χ4v) is 1.69. The Morgan fingerprint density at radius 1 is 1.28 bits per heavy atom. The molecule has 0 aliphatic rings. The Morgan fingerprint density at radius 3 is 3.06 bits per heavy atom. The van der Waals surface area contributed by atoms with E-state index >= 15 is 0 Å². The third kappa shape index (κ3) is 1.80. The van der Waals surface area contributed by atoms with Crippen molar-refractivity contribution >= 4 is 16.8 Å². The van der Waals surface area contributed by atoms with Gasteiger partial charge in [-0.3, -0.25) is 10.4 Å². The molecule has 2 N–H and O–H groups in total. The lowest BCUT2D eigenvalue weighted by Crippen LogP contribution is -1.86. The molecule has 0 aliphatic carbocycles. The third-order valence-electron chi connectivity index (χ3n) is 2.49. The maximum absolute atomic E-state index is 6.77. The first-order valence-corrected chi connectivity index (χ1v) is 5.30. The van der Waals surface area contributed by atoms with Gasteiger partial charge in [0.2, 0.25) is 5.89 Å². The van der Waals surface area contributed by atoms with Gasteiger partial charge in [0.15, 0.2) is 5.58 Å². The van der Waals surface area contributed by atoms with Gasteiger partial charge < -0.3 is 4.42 Å². The van der Waals surface area contributed by atoms with Gasteiger partial charge in [-0.25, -0.2) is 4.98 Å². The number of fused-ring (bicyclic) bond motifs is 1. The molecule has 0 spiro atoms. The smallest absolute Gasteiger partial charge is 0.227 e. The number of pyridine rings is 1. The molecular formula is C12H9N5O. The summed E-state index contributed by atoms with van der Waals surface area (Å²) in [6.07, 6.45) is 3.30.